The highest BCUT2D eigenvalue weighted by atomic mass is 16.5. The van der Waals surface area contributed by atoms with Gasteiger partial charge in [0.25, 0.3) is 5.91 Å². The van der Waals surface area contributed by atoms with Gasteiger partial charge in [-0.15, -0.1) is 0 Å². The first-order valence-corrected chi connectivity index (χ1v) is 11.3. The molecule has 1 aromatic heterocycles. The molecule has 8 heteroatoms. The Labute approximate surface area is 188 Å². The summed E-state index contributed by atoms with van der Waals surface area (Å²) in [7, 11) is 4.85. The van der Waals surface area contributed by atoms with Gasteiger partial charge in [0.05, 0.1) is 26.3 Å². The molecule has 2 amide bonds. The summed E-state index contributed by atoms with van der Waals surface area (Å²) in [5.74, 6) is 1.03. The van der Waals surface area contributed by atoms with Gasteiger partial charge in [0.15, 0.2) is 0 Å². The average Bonchev–Trinajstić information content (AvgIpc) is 3.43. The summed E-state index contributed by atoms with van der Waals surface area (Å²) < 4.78 is 18.3. The van der Waals surface area contributed by atoms with E-state index in [4.69, 9.17) is 14.2 Å². The minimum atomic E-state index is -1.03. The monoisotopic (exact) mass is 443 g/mol. The lowest BCUT2D eigenvalue weighted by atomic mass is 9.93. The van der Waals surface area contributed by atoms with Crippen molar-refractivity contribution in [3.05, 3.63) is 23.9 Å². The molecule has 1 atom stereocenters. The highest BCUT2D eigenvalue weighted by Crippen LogP contribution is 2.40. The summed E-state index contributed by atoms with van der Waals surface area (Å²) >= 11 is 0. The number of hydrogen-bond donors (Lipinski definition) is 1. The number of fused-ring (bicyclic) bond motifs is 3. The fraction of sp³-hybridized carbons (Fsp3) is 0.583. The highest BCUT2D eigenvalue weighted by molar-refractivity contribution is 6.05. The summed E-state index contributed by atoms with van der Waals surface area (Å²) in [6.45, 7) is 3.17. The Hall–Kier alpha value is -2.74. The van der Waals surface area contributed by atoms with E-state index < -0.39 is 5.54 Å². The first-order valence-electron chi connectivity index (χ1n) is 11.3. The largest absolute Gasteiger partial charge is 0.496 e. The van der Waals surface area contributed by atoms with Crippen molar-refractivity contribution in [2.75, 3.05) is 34.5 Å². The number of carbonyl (C=O) groups excluding carboxylic acids is 2. The molecule has 1 aliphatic carbocycles. The molecule has 1 aromatic carbocycles. The topological polar surface area (TPSA) is 82.0 Å². The molecule has 2 aliphatic rings. The van der Waals surface area contributed by atoms with E-state index in [-0.39, 0.29) is 17.9 Å². The molecule has 1 aliphatic heterocycles. The van der Waals surface area contributed by atoms with Crippen LogP contribution in [0.1, 0.15) is 49.5 Å². The lowest BCUT2D eigenvalue weighted by molar-refractivity contribution is -0.133. The molecule has 8 nitrogen and oxygen atoms in total. The zero-order valence-corrected chi connectivity index (χ0v) is 19.4. The van der Waals surface area contributed by atoms with Crippen molar-refractivity contribution in [2.24, 2.45) is 0 Å². The molecule has 2 aromatic rings. The number of ether oxygens (including phenoxy) is 3. The molecule has 174 valence electrons. The van der Waals surface area contributed by atoms with Crippen LogP contribution in [0.2, 0.25) is 0 Å². The molecule has 32 heavy (non-hydrogen) atoms. The van der Waals surface area contributed by atoms with E-state index in [0.29, 0.717) is 43.3 Å². The summed E-state index contributed by atoms with van der Waals surface area (Å²) in [5.41, 5.74) is 0.276. The van der Waals surface area contributed by atoms with Crippen molar-refractivity contribution in [1.82, 2.24) is 14.8 Å². The van der Waals surface area contributed by atoms with Crippen molar-refractivity contribution in [1.29, 1.82) is 0 Å². The Morgan fingerprint density at radius 3 is 2.50 bits per heavy atom. The molecule has 0 bridgehead atoms. The van der Waals surface area contributed by atoms with Gasteiger partial charge in [0, 0.05) is 31.7 Å². The van der Waals surface area contributed by atoms with Gasteiger partial charge in [-0.25, -0.2) is 0 Å². The molecule has 0 saturated heterocycles. The zero-order chi connectivity index (χ0) is 22.9. The molecular weight excluding hydrogens is 410 g/mol. The quantitative estimate of drug-likeness (QED) is 0.635. The number of aromatic nitrogens is 1. The van der Waals surface area contributed by atoms with E-state index in [1.807, 2.05) is 29.7 Å². The van der Waals surface area contributed by atoms with Crippen molar-refractivity contribution in [2.45, 2.75) is 57.2 Å². The van der Waals surface area contributed by atoms with Crippen LogP contribution in [-0.4, -0.2) is 67.3 Å². The van der Waals surface area contributed by atoms with Crippen molar-refractivity contribution >= 4 is 22.7 Å². The lowest BCUT2D eigenvalue weighted by Gasteiger charge is -2.44. The minimum absolute atomic E-state index is 0.107. The maximum Gasteiger partial charge on any atom is 0.271 e. The Balaban J connectivity index is 1.80. The SMILES string of the molecule is COCCCN1C(=O)c2cc3c(OC)ccc(OC)c3n2CC1(C)C(=O)NC1CCCC1. The molecule has 2 heterocycles. The third-order valence-electron chi connectivity index (χ3n) is 6.86. The van der Waals surface area contributed by atoms with Crippen LogP contribution in [0.15, 0.2) is 18.2 Å². The van der Waals surface area contributed by atoms with Gasteiger partial charge in [-0.2, -0.15) is 0 Å². The predicted octanol–water partition coefficient (Wildman–Crippen LogP) is 2.97. The van der Waals surface area contributed by atoms with Gasteiger partial charge >= 0.3 is 0 Å². The number of rotatable bonds is 8. The van der Waals surface area contributed by atoms with Crippen LogP contribution in [-0.2, 0) is 16.1 Å². The average molecular weight is 444 g/mol. The highest BCUT2D eigenvalue weighted by Gasteiger charge is 2.48. The second-order valence-corrected chi connectivity index (χ2v) is 8.88. The van der Waals surface area contributed by atoms with E-state index in [0.717, 1.165) is 36.6 Å². The fourth-order valence-corrected chi connectivity index (χ4v) is 5.08. The summed E-state index contributed by atoms with van der Waals surface area (Å²) in [6.07, 6.45) is 4.88. The summed E-state index contributed by atoms with van der Waals surface area (Å²) in [6, 6.07) is 5.68. The smallest absolute Gasteiger partial charge is 0.271 e. The molecule has 1 N–H and O–H groups in total. The van der Waals surface area contributed by atoms with Crippen LogP contribution in [0, 0.1) is 0 Å². The van der Waals surface area contributed by atoms with Crippen LogP contribution >= 0.6 is 0 Å². The van der Waals surface area contributed by atoms with Gasteiger partial charge in [-0.05, 0) is 44.4 Å². The Morgan fingerprint density at radius 1 is 1.16 bits per heavy atom. The standard InChI is InChI=1S/C24H33N3O5/c1-24(23(29)25-16-8-5-6-9-16)15-26-18(22(28)27(24)12-7-13-30-2)14-17-19(31-3)10-11-20(32-4)21(17)26/h10-11,14,16H,5-9,12-13,15H2,1-4H3,(H,25,29). The first-order chi connectivity index (χ1) is 15.4. The van der Waals surface area contributed by atoms with Crippen molar-refractivity contribution in [3.63, 3.8) is 0 Å². The second-order valence-electron chi connectivity index (χ2n) is 8.88. The van der Waals surface area contributed by atoms with Gasteiger partial charge in [-0.3, -0.25) is 9.59 Å². The van der Waals surface area contributed by atoms with E-state index in [2.05, 4.69) is 5.32 Å². The van der Waals surface area contributed by atoms with E-state index in [1.165, 1.54) is 0 Å². The lowest BCUT2D eigenvalue weighted by Crippen LogP contribution is -2.65. The molecule has 4 rings (SSSR count). The van der Waals surface area contributed by atoms with Crippen LogP contribution < -0.4 is 14.8 Å². The number of carbonyl (C=O) groups is 2. The van der Waals surface area contributed by atoms with Crippen LogP contribution in [0.25, 0.3) is 10.9 Å². The molecule has 1 fully saturated rings. The number of hydrogen-bond acceptors (Lipinski definition) is 5. The normalized spacial score (nSPS) is 21.1. The first kappa shape index (κ1) is 22.5. The number of methoxy groups -OCH3 is 3. The summed E-state index contributed by atoms with van der Waals surface area (Å²) in [5, 5.41) is 4.02. The molecule has 1 unspecified atom stereocenters. The fourth-order valence-electron chi connectivity index (χ4n) is 5.08. The number of nitrogens with zero attached hydrogens (tertiary/aromatic N) is 2. The zero-order valence-electron chi connectivity index (χ0n) is 19.4. The van der Waals surface area contributed by atoms with Gasteiger partial charge in [0.1, 0.15) is 22.7 Å². The van der Waals surface area contributed by atoms with E-state index in [1.54, 1.807) is 26.2 Å². The van der Waals surface area contributed by atoms with Crippen LogP contribution in [0.4, 0.5) is 0 Å². The molecule has 1 saturated carbocycles. The Morgan fingerprint density at radius 2 is 1.84 bits per heavy atom. The van der Waals surface area contributed by atoms with Crippen molar-refractivity contribution in [3.8, 4) is 11.5 Å². The van der Waals surface area contributed by atoms with Gasteiger partial charge < -0.3 is 29.0 Å². The van der Waals surface area contributed by atoms with E-state index >= 15 is 0 Å². The third kappa shape index (κ3) is 3.70. The third-order valence-corrected chi connectivity index (χ3v) is 6.86. The van der Waals surface area contributed by atoms with E-state index in [9.17, 15) is 9.59 Å². The summed E-state index contributed by atoms with van der Waals surface area (Å²) in [4.78, 5) is 29.1. The molecule has 0 radical (unpaired) electrons. The number of nitrogens with one attached hydrogen (secondary N) is 1. The van der Waals surface area contributed by atoms with Crippen LogP contribution in [0.3, 0.4) is 0 Å². The molecular formula is C24H33N3O5. The molecule has 0 spiro atoms. The van der Waals surface area contributed by atoms with Crippen molar-refractivity contribution < 1.29 is 23.8 Å². The maximum absolute atomic E-state index is 13.7. The number of amides is 2. The maximum atomic E-state index is 13.7. The van der Waals surface area contributed by atoms with Gasteiger partial charge in [0.2, 0.25) is 5.91 Å². The van der Waals surface area contributed by atoms with Gasteiger partial charge in [-0.1, -0.05) is 12.8 Å². The Bertz CT molecular complexity index is 1010. The Kier molecular flexibility index (Phi) is 6.33. The number of benzene rings is 1. The predicted molar refractivity (Wildman–Crippen MR) is 121 cm³/mol. The van der Waals surface area contributed by atoms with Crippen LogP contribution in [0.5, 0.6) is 11.5 Å². The minimum Gasteiger partial charge on any atom is -0.496 e. The second kappa shape index (κ2) is 9.02.